The first-order chi connectivity index (χ1) is 7.19. The van der Waals surface area contributed by atoms with E-state index in [-0.39, 0.29) is 0 Å². The zero-order valence-electron chi connectivity index (χ0n) is 9.21. The molecule has 3 nitrogen and oxygen atoms in total. The van der Waals surface area contributed by atoms with E-state index in [2.05, 4.69) is 17.0 Å². The molecule has 0 aliphatic carbocycles. The summed E-state index contributed by atoms with van der Waals surface area (Å²) in [4.78, 5) is 4.60. The van der Waals surface area contributed by atoms with Crippen LogP contribution in [0.3, 0.4) is 0 Å². The van der Waals surface area contributed by atoms with Gasteiger partial charge in [-0.3, -0.25) is 0 Å². The first kappa shape index (κ1) is 10.4. The molecule has 15 heavy (non-hydrogen) atoms. The van der Waals surface area contributed by atoms with E-state index >= 15 is 0 Å². The van der Waals surface area contributed by atoms with Crippen molar-refractivity contribution in [2.45, 2.75) is 33.7 Å². The van der Waals surface area contributed by atoms with Crippen molar-refractivity contribution in [2.24, 2.45) is 0 Å². The molecule has 2 rings (SSSR count). The normalized spacial score (nSPS) is 11.2. The maximum absolute atomic E-state index is 6.29. The van der Waals surface area contributed by atoms with Crippen LogP contribution in [-0.2, 0) is 13.0 Å². The predicted octanol–water partition coefficient (Wildman–Crippen LogP) is 2.98. The maximum Gasteiger partial charge on any atom is 0.159 e. The van der Waals surface area contributed by atoms with E-state index in [1.807, 2.05) is 18.5 Å². The summed E-state index contributed by atoms with van der Waals surface area (Å²) < 4.78 is 1.87. The highest BCUT2D eigenvalue weighted by atomic mass is 35.5. The third-order valence-electron chi connectivity index (χ3n) is 2.69. The second-order valence-corrected chi connectivity index (χ2v) is 3.93. The van der Waals surface area contributed by atoms with E-state index in [1.54, 1.807) is 6.20 Å². The van der Waals surface area contributed by atoms with E-state index in [4.69, 9.17) is 11.6 Å². The summed E-state index contributed by atoms with van der Waals surface area (Å²) in [5, 5.41) is 6.00. The van der Waals surface area contributed by atoms with Crippen molar-refractivity contribution in [1.82, 2.24) is 14.8 Å². The van der Waals surface area contributed by atoms with Gasteiger partial charge in [-0.25, -0.2) is 9.67 Å². The van der Waals surface area contributed by atoms with Crippen molar-refractivity contribution < 1.29 is 0 Å². The van der Waals surface area contributed by atoms with Gasteiger partial charge in [-0.15, -0.1) is 0 Å². The first-order valence-corrected chi connectivity index (χ1v) is 5.57. The fourth-order valence-corrected chi connectivity index (χ4v) is 2.01. The molecule has 0 aliphatic heterocycles. The Morgan fingerprint density at radius 3 is 2.73 bits per heavy atom. The molecule has 0 bridgehead atoms. The SMILES string of the molecule is CCc1nc2c(cnn2CC)c(Cl)c1C. The van der Waals surface area contributed by atoms with Crippen LogP contribution in [0.5, 0.6) is 0 Å². The minimum Gasteiger partial charge on any atom is -0.248 e. The zero-order chi connectivity index (χ0) is 11.0. The largest absolute Gasteiger partial charge is 0.248 e. The van der Waals surface area contributed by atoms with Crippen LogP contribution in [-0.4, -0.2) is 14.8 Å². The van der Waals surface area contributed by atoms with Crippen LogP contribution in [0.1, 0.15) is 25.1 Å². The number of halogens is 1. The Balaban J connectivity index is 2.81. The van der Waals surface area contributed by atoms with Crippen LogP contribution in [0.4, 0.5) is 0 Å². The third-order valence-corrected chi connectivity index (χ3v) is 3.17. The molecule has 0 atom stereocenters. The molecule has 0 aliphatic rings. The molecule has 0 unspecified atom stereocenters. The Morgan fingerprint density at radius 1 is 1.40 bits per heavy atom. The molecule has 0 spiro atoms. The monoisotopic (exact) mass is 223 g/mol. The number of hydrogen-bond donors (Lipinski definition) is 0. The summed E-state index contributed by atoms with van der Waals surface area (Å²) in [6.07, 6.45) is 2.69. The van der Waals surface area contributed by atoms with Crippen molar-refractivity contribution in [2.75, 3.05) is 0 Å². The molecule has 2 aromatic heterocycles. The summed E-state index contributed by atoms with van der Waals surface area (Å²) in [5.41, 5.74) is 3.02. The molecule has 0 fully saturated rings. The molecule has 0 radical (unpaired) electrons. The Kier molecular flexibility index (Phi) is 2.65. The van der Waals surface area contributed by atoms with E-state index in [0.29, 0.717) is 0 Å². The van der Waals surface area contributed by atoms with Crippen molar-refractivity contribution in [3.05, 3.63) is 22.5 Å². The molecule has 4 heteroatoms. The summed E-state index contributed by atoms with van der Waals surface area (Å²) in [6.45, 7) is 6.97. The summed E-state index contributed by atoms with van der Waals surface area (Å²) >= 11 is 6.29. The summed E-state index contributed by atoms with van der Waals surface area (Å²) in [5.74, 6) is 0. The molecule has 2 aromatic rings. The van der Waals surface area contributed by atoms with Gasteiger partial charge < -0.3 is 0 Å². The van der Waals surface area contributed by atoms with Crippen LogP contribution >= 0.6 is 11.6 Å². The average molecular weight is 224 g/mol. The van der Waals surface area contributed by atoms with Gasteiger partial charge in [0.25, 0.3) is 0 Å². The Morgan fingerprint density at radius 2 is 2.13 bits per heavy atom. The lowest BCUT2D eigenvalue weighted by molar-refractivity contribution is 0.675. The number of aryl methyl sites for hydroxylation is 2. The third kappa shape index (κ3) is 1.51. The Hall–Kier alpha value is -1.09. The molecule has 0 amide bonds. The van der Waals surface area contributed by atoms with Gasteiger partial charge in [-0.05, 0) is 25.8 Å². The number of hydrogen-bond acceptors (Lipinski definition) is 2. The quantitative estimate of drug-likeness (QED) is 0.784. The minimum absolute atomic E-state index is 0.788. The van der Waals surface area contributed by atoms with Gasteiger partial charge in [0.1, 0.15) is 0 Å². The number of aromatic nitrogens is 3. The second kappa shape index (κ2) is 3.81. The van der Waals surface area contributed by atoms with Crippen LogP contribution < -0.4 is 0 Å². The lowest BCUT2D eigenvalue weighted by Crippen LogP contribution is -2.00. The van der Waals surface area contributed by atoms with Gasteiger partial charge in [0.15, 0.2) is 5.65 Å². The van der Waals surface area contributed by atoms with Gasteiger partial charge in [0.05, 0.1) is 16.6 Å². The fourth-order valence-electron chi connectivity index (χ4n) is 1.77. The number of nitrogens with zero attached hydrogens (tertiary/aromatic N) is 3. The van der Waals surface area contributed by atoms with E-state index < -0.39 is 0 Å². The van der Waals surface area contributed by atoms with Crippen molar-refractivity contribution in [3.8, 4) is 0 Å². The van der Waals surface area contributed by atoms with Gasteiger partial charge in [-0.2, -0.15) is 5.10 Å². The highest BCUT2D eigenvalue weighted by Crippen LogP contribution is 2.27. The molecule has 80 valence electrons. The lowest BCUT2D eigenvalue weighted by Gasteiger charge is -2.06. The summed E-state index contributed by atoms with van der Waals surface area (Å²) in [6, 6.07) is 0. The molecule has 0 N–H and O–H groups in total. The van der Waals surface area contributed by atoms with Crippen LogP contribution in [0, 0.1) is 6.92 Å². The predicted molar refractivity (Wildman–Crippen MR) is 62.3 cm³/mol. The van der Waals surface area contributed by atoms with E-state index in [9.17, 15) is 0 Å². The standard InChI is InChI=1S/C11H14ClN3/c1-4-9-7(3)10(12)8-6-13-15(5-2)11(8)14-9/h6H,4-5H2,1-3H3. The highest BCUT2D eigenvalue weighted by Gasteiger charge is 2.12. The second-order valence-electron chi connectivity index (χ2n) is 3.55. The molecule has 2 heterocycles. The highest BCUT2D eigenvalue weighted by molar-refractivity contribution is 6.36. The first-order valence-electron chi connectivity index (χ1n) is 5.19. The number of fused-ring (bicyclic) bond motifs is 1. The maximum atomic E-state index is 6.29. The van der Waals surface area contributed by atoms with Crippen molar-refractivity contribution in [1.29, 1.82) is 0 Å². The zero-order valence-corrected chi connectivity index (χ0v) is 9.97. The number of pyridine rings is 1. The van der Waals surface area contributed by atoms with E-state index in [1.165, 1.54) is 0 Å². The van der Waals surface area contributed by atoms with Crippen molar-refractivity contribution in [3.63, 3.8) is 0 Å². The van der Waals surface area contributed by atoms with Gasteiger partial charge >= 0.3 is 0 Å². The molecular weight excluding hydrogens is 210 g/mol. The molecule has 0 aromatic carbocycles. The van der Waals surface area contributed by atoms with Gasteiger partial charge in [0, 0.05) is 12.2 Å². The molecule has 0 saturated carbocycles. The molecule has 0 saturated heterocycles. The van der Waals surface area contributed by atoms with Crippen LogP contribution in [0.2, 0.25) is 5.02 Å². The Bertz CT molecular complexity index is 502. The molecular formula is C11H14ClN3. The average Bonchev–Trinajstić information content (AvgIpc) is 2.66. The summed E-state index contributed by atoms with van der Waals surface area (Å²) in [7, 11) is 0. The van der Waals surface area contributed by atoms with Gasteiger partial charge in [-0.1, -0.05) is 18.5 Å². The van der Waals surface area contributed by atoms with Crippen LogP contribution in [0.25, 0.3) is 11.0 Å². The van der Waals surface area contributed by atoms with Crippen molar-refractivity contribution >= 4 is 22.6 Å². The minimum atomic E-state index is 0.788. The smallest absolute Gasteiger partial charge is 0.159 e. The topological polar surface area (TPSA) is 30.7 Å². The van der Waals surface area contributed by atoms with E-state index in [0.717, 1.165) is 40.3 Å². The number of rotatable bonds is 2. The van der Waals surface area contributed by atoms with Gasteiger partial charge in [0.2, 0.25) is 0 Å². The van der Waals surface area contributed by atoms with Crippen LogP contribution in [0.15, 0.2) is 6.20 Å². The fraction of sp³-hybridized carbons (Fsp3) is 0.455. The Labute approximate surface area is 94.1 Å². The lowest BCUT2D eigenvalue weighted by atomic mass is 10.1.